The van der Waals surface area contributed by atoms with Gasteiger partial charge in [-0.2, -0.15) is 0 Å². The van der Waals surface area contributed by atoms with E-state index in [1.54, 1.807) is 24.3 Å². The van der Waals surface area contributed by atoms with Gasteiger partial charge in [-0.25, -0.2) is 0 Å². The van der Waals surface area contributed by atoms with E-state index in [0.717, 1.165) is 5.56 Å². The molecule has 0 aromatic heterocycles. The molecule has 0 heterocycles. The third-order valence-corrected chi connectivity index (χ3v) is 3.53. The first-order chi connectivity index (χ1) is 11.1. The quantitative estimate of drug-likeness (QED) is 0.726. The Bertz CT molecular complexity index is 670. The van der Waals surface area contributed by atoms with Crippen LogP contribution in [0.4, 0.5) is 0 Å². The van der Waals surface area contributed by atoms with Crippen LogP contribution in [0.2, 0.25) is 0 Å². The van der Waals surface area contributed by atoms with Gasteiger partial charge in [0.2, 0.25) is 5.91 Å². The Morgan fingerprint density at radius 1 is 0.913 bits per heavy atom. The highest BCUT2D eigenvalue weighted by Crippen LogP contribution is 2.14. The molecule has 0 aliphatic rings. The van der Waals surface area contributed by atoms with Gasteiger partial charge in [-0.15, -0.1) is 0 Å². The lowest BCUT2D eigenvalue weighted by Crippen LogP contribution is -2.32. The van der Waals surface area contributed by atoms with E-state index < -0.39 is 12.0 Å². The van der Waals surface area contributed by atoms with Crippen molar-refractivity contribution in [1.82, 2.24) is 5.32 Å². The van der Waals surface area contributed by atoms with E-state index in [9.17, 15) is 14.7 Å². The van der Waals surface area contributed by atoms with E-state index in [4.69, 9.17) is 5.11 Å². The molecule has 1 amide bonds. The normalized spacial score (nSPS) is 11.7. The molecule has 120 valence electrons. The van der Waals surface area contributed by atoms with Gasteiger partial charge in [0.25, 0.3) is 0 Å². The van der Waals surface area contributed by atoms with E-state index in [0.29, 0.717) is 11.1 Å². The Kier molecular flexibility index (Phi) is 5.88. The monoisotopic (exact) mass is 313 g/mol. The number of aliphatic carboxylic acids is 1. The molecule has 0 saturated carbocycles. The summed E-state index contributed by atoms with van der Waals surface area (Å²) in [5, 5.41) is 21.2. The fraction of sp³-hybridized carbons (Fsp3) is 0.222. The Balaban J connectivity index is 2.06. The van der Waals surface area contributed by atoms with Crippen LogP contribution in [0.5, 0.6) is 0 Å². The van der Waals surface area contributed by atoms with Crippen LogP contribution in [0.1, 0.15) is 22.7 Å². The molecule has 2 aromatic rings. The van der Waals surface area contributed by atoms with Crippen LogP contribution < -0.4 is 5.32 Å². The van der Waals surface area contributed by atoms with Crippen LogP contribution in [0.25, 0.3) is 0 Å². The molecule has 2 aromatic carbocycles. The highest BCUT2D eigenvalue weighted by Gasteiger charge is 2.15. The number of hydrogen-bond acceptors (Lipinski definition) is 3. The van der Waals surface area contributed by atoms with Gasteiger partial charge in [0.05, 0.1) is 25.5 Å². The number of hydrogen-bond donors (Lipinski definition) is 3. The van der Waals surface area contributed by atoms with E-state index in [2.05, 4.69) is 5.32 Å². The number of carbonyl (C=O) groups excluding carboxylic acids is 1. The average molecular weight is 313 g/mol. The number of aliphatic hydroxyl groups is 1. The number of amides is 1. The maximum atomic E-state index is 12.2. The number of carboxylic acid groups (broad SMARTS) is 1. The molecule has 23 heavy (non-hydrogen) atoms. The van der Waals surface area contributed by atoms with Gasteiger partial charge < -0.3 is 15.5 Å². The number of nitrogens with one attached hydrogen (secondary N) is 1. The van der Waals surface area contributed by atoms with Crippen molar-refractivity contribution in [2.75, 3.05) is 6.61 Å². The maximum Gasteiger partial charge on any atom is 0.307 e. The topological polar surface area (TPSA) is 86.6 Å². The van der Waals surface area contributed by atoms with Crippen LogP contribution in [0, 0.1) is 0 Å². The van der Waals surface area contributed by atoms with Crippen molar-refractivity contribution >= 4 is 11.9 Å². The summed E-state index contributed by atoms with van der Waals surface area (Å²) in [4.78, 5) is 23.1. The molecule has 0 fully saturated rings. The van der Waals surface area contributed by atoms with Crippen LogP contribution in [-0.4, -0.2) is 28.7 Å². The molecule has 0 unspecified atom stereocenters. The summed E-state index contributed by atoms with van der Waals surface area (Å²) in [6, 6.07) is 15.7. The molecule has 3 N–H and O–H groups in total. The summed E-state index contributed by atoms with van der Waals surface area (Å²) in [6.45, 7) is -0.202. The molecule has 1 atom stereocenters. The Morgan fingerprint density at radius 2 is 1.48 bits per heavy atom. The molecule has 0 aliphatic heterocycles. The number of rotatable bonds is 7. The van der Waals surface area contributed by atoms with Crippen LogP contribution in [0.15, 0.2) is 54.6 Å². The largest absolute Gasteiger partial charge is 0.481 e. The van der Waals surface area contributed by atoms with E-state index in [1.165, 1.54) is 0 Å². The van der Waals surface area contributed by atoms with Crippen LogP contribution in [0.3, 0.4) is 0 Å². The van der Waals surface area contributed by atoms with Gasteiger partial charge >= 0.3 is 5.97 Å². The molecule has 0 radical (unpaired) electrons. The van der Waals surface area contributed by atoms with Crippen LogP contribution in [-0.2, 0) is 22.4 Å². The minimum atomic E-state index is -0.935. The van der Waals surface area contributed by atoms with Gasteiger partial charge in [-0.05, 0) is 16.7 Å². The van der Waals surface area contributed by atoms with Crippen LogP contribution >= 0.6 is 0 Å². The van der Waals surface area contributed by atoms with Crippen molar-refractivity contribution < 1.29 is 19.8 Å². The zero-order chi connectivity index (χ0) is 16.7. The van der Waals surface area contributed by atoms with E-state index in [-0.39, 0.29) is 25.4 Å². The first-order valence-electron chi connectivity index (χ1n) is 7.34. The Labute approximate surface area is 134 Å². The van der Waals surface area contributed by atoms with E-state index >= 15 is 0 Å². The predicted molar refractivity (Wildman–Crippen MR) is 85.9 cm³/mol. The predicted octanol–water partition coefficient (Wildman–Crippen LogP) is 1.71. The molecule has 5 heteroatoms. The fourth-order valence-corrected chi connectivity index (χ4v) is 2.40. The number of carbonyl (C=O) groups is 2. The first-order valence-corrected chi connectivity index (χ1v) is 7.34. The average Bonchev–Trinajstić information content (AvgIpc) is 2.55. The molecular weight excluding hydrogens is 294 g/mol. The zero-order valence-electron chi connectivity index (χ0n) is 12.6. The Hall–Kier alpha value is -2.66. The van der Waals surface area contributed by atoms with Gasteiger partial charge in [-0.3, -0.25) is 9.59 Å². The lowest BCUT2D eigenvalue weighted by Gasteiger charge is -2.17. The number of carboxylic acids is 1. The minimum Gasteiger partial charge on any atom is -0.481 e. The van der Waals surface area contributed by atoms with Crippen molar-refractivity contribution in [2.24, 2.45) is 0 Å². The molecule has 0 saturated heterocycles. The van der Waals surface area contributed by atoms with Gasteiger partial charge in [0.1, 0.15) is 0 Å². The molecular formula is C18H19NO4. The minimum absolute atomic E-state index is 0.0762. The molecule has 0 spiro atoms. The van der Waals surface area contributed by atoms with Crippen molar-refractivity contribution in [1.29, 1.82) is 0 Å². The summed E-state index contributed by atoms with van der Waals surface area (Å²) in [5.74, 6) is -1.19. The lowest BCUT2D eigenvalue weighted by molar-refractivity contribution is -0.136. The third-order valence-electron chi connectivity index (χ3n) is 3.53. The second-order valence-corrected chi connectivity index (χ2v) is 5.23. The number of aliphatic hydroxyl groups excluding tert-OH is 1. The molecule has 2 rings (SSSR count). The summed E-state index contributed by atoms with van der Waals surface area (Å²) < 4.78 is 0. The highest BCUT2D eigenvalue weighted by atomic mass is 16.4. The second-order valence-electron chi connectivity index (χ2n) is 5.23. The lowest BCUT2D eigenvalue weighted by atomic mass is 10.0. The van der Waals surface area contributed by atoms with Gasteiger partial charge in [0, 0.05) is 0 Å². The second kappa shape index (κ2) is 8.10. The first kappa shape index (κ1) is 16.7. The zero-order valence-corrected chi connectivity index (χ0v) is 12.6. The van der Waals surface area contributed by atoms with Crippen molar-refractivity contribution in [2.45, 2.75) is 18.9 Å². The smallest absolute Gasteiger partial charge is 0.307 e. The van der Waals surface area contributed by atoms with Crippen molar-refractivity contribution in [3.8, 4) is 0 Å². The summed E-state index contributed by atoms with van der Waals surface area (Å²) >= 11 is 0. The Morgan fingerprint density at radius 3 is 2.04 bits per heavy atom. The fourth-order valence-electron chi connectivity index (χ4n) is 2.40. The molecule has 5 nitrogen and oxygen atoms in total. The summed E-state index contributed by atoms with van der Waals surface area (Å²) in [6.07, 6.45) is -0.0433. The van der Waals surface area contributed by atoms with Gasteiger partial charge in [0.15, 0.2) is 0 Å². The number of benzene rings is 2. The van der Waals surface area contributed by atoms with Gasteiger partial charge in [-0.1, -0.05) is 54.6 Å². The van der Waals surface area contributed by atoms with Crippen molar-refractivity contribution in [3.05, 3.63) is 71.3 Å². The molecule has 0 bridgehead atoms. The SMILES string of the molecule is O=C(O)Cc1ccccc1CC(=O)N[C@@H](CO)c1ccccc1. The third kappa shape index (κ3) is 4.93. The molecule has 0 aliphatic carbocycles. The highest BCUT2D eigenvalue weighted by molar-refractivity contribution is 5.80. The van der Waals surface area contributed by atoms with Crippen molar-refractivity contribution in [3.63, 3.8) is 0 Å². The maximum absolute atomic E-state index is 12.2. The summed E-state index contributed by atoms with van der Waals surface area (Å²) in [7, 11) is 0. The van der Waals surface area contributed by atoms with E-state index in [1.807, 2.05) is 30.3 Å². The summed E-state index contributed by atoms with van der Waals surface area (Å²) in [5.41, 5.74) is 2.12. The standard InChI is InChI=1S/C18H19NO4/c20-12-16(13-6-2-1-3-7-13)19-17(21)10-14-8-4-5-9-15(14)11-18(22)23/h1-9,16,20H,10-12H2,(H,19,21)(H,22,23)/t16-/m0/s1.